The van der Waals surface area contributed by atoms with Crippen LogP contribution in [0.25, 0.3) is 11.1 Å². The fourth-order valence-corrected chi connectivity index (χ4v) is 4.28. The van der Waals surface area contributed by atoms with Crippen LogP contribution in [0.15, 0.2) is 40.8 Å². The van der Waals surface area contributed by atoms with Crippen molar-refractivity contribution in [2.75, 3.05) is 25.6 Å². The van der Waals surface area contributed by atoms with Gasteiger partial charge in [-0.25, -0.2) is 9.78 Å². The number of furan rings is 1. The Morgan fingerprint density at radius 2 is 1.94 bits per heavy atom. The Hall–Kier alpha value is -4.41. The van der Waals surface area contributed by atoms with Gasteiger partial charge in [0.25, 0.3) is 11.8 Å². The molecule has 2 aromatic heterocycles. The summed E-state index contributed by atoms with van der Waals surface area (Å²) >= 11 is 0. The third-order valence-electron chi connectivity index (χ3n) is 6.09. The van der Waals surface area contributed by atoms with Crippen LogP contribution in [0.4, 0.5) is 10.6 Å². The van der Waals surface area contributed by atoms with Crippen molar-refractivity contribution in [2.45, 2.75) is 25.4 Å². The summed E-state index contributed by atoms with van der Waals surface area (Å²) < 4.78 is 10.6. The van der Waals surface area contributed by atoms with E-state index in [9.17, 15) is 19.2 Å². The fraction of sp³-hybridized carbons (Fsp3) is 0.292. The third-order valence-corrected chi connectivity index (χ3v) is 6.09. The van der Waals surface area contributed by atoms with Crippen molar-refractivity contribution in [1.82, 2.24) is 20.5 Å². The van der Waals surface area contributed by atoms with E-state index in [0.717, 1.165) is 23.3 Å². The molecule has 0 spiro atoms. The van der Waals surface area contributed by atoms with Crippen LogP contribution in [-0.4, -0.2) is 54.3 Å². The molecule has 1 unspecified atom stereocenters. The van der Waals surface area contributed by atoms with Gasteiger partial charge >= 0.3 is 6.03 Å². The lowest BCUT2D eigenvalue weighted by Crippen LogP contribution is -2.24. The van der Waals surface area contributed by atoms with Crippen molar-refractivity contribution in [2.24, 2.45) is 0 Å². The van der Waals surface area contributed by atoms with Crippen LogP contribution in [0.3, 0.4) is 0 Å². The van der Waals surface area contributed by atoms with E-state index in [0.29, 0.717) is 42.2 Å². The van der Waals surface area contributed by atoms with Crippen LogP contribution in [-0.2, 0) is 16.1 Å². The third kappa shape index (κ3) is 4.16. The van der Waals surface area contributed by atoms with Crippen molar-refractivity contribution < 1.29 is 28.3 Å². The van der Waals surface area contributed by atoms with Crippen molar-refractivity contribution >= 4 is 40.7 Å². The molecule has 3 aliphatic rings. The topological polar surface area (TPSA) is 134 Å². The van der Waals surface area contributed by atoms with Crippen LogP contribution in [0.2, 0.25) is 0 Å². The van der Waals surface area contributed by atoms with E-state index in [1.807, 2.05) is 12.1 Å². The monoisotopic (exact) mass is 477 g/mol. The van der Waals surface area contributed by atoms with E-state index < -0.39 is 18.0 Å². The molecular formula is C24H23N5O6. The Bertz CT molecular complexity index is 1370. The Kier molecular flexibility index (Phi) is 5.59. The number of ether oxygens (including phenoxy) is 1. The highest BCUT2D eigenvalue weighted by Crippen LogP contribution is 2.28. The number of imide groups is 1. The number of methoxy groups -OCH3 is 1. The predicted molar refractivity (Wildman–Crippen MR) is 124 cm³/mol. The Morgan fingerprint density at radius 1 is 1.11 bits per heavy atom. The molecule has 5 amide bonds. The standard InChI is InChI=1S/C14H12N4O4.C10H11NO2/c19-11-2-1-5-18(11)10-4-3-8-7(15-10)6-9(22-8)12-13(20)17-14(21)16-12;1-11-6-7-3-4-8(13-2)5-9(7)10(11)12/h3-4,6,12H,1-2,5H2,(H2,16,17,20,21);3-5H,6H2,1-2H3. The maximum Gasteiger partial charge on any atom is 0.322 e. The number of rotatable bonds is 3. The van der Waals surface area contributed by atoms with E-state index in [4.69, 9.17) is 9.15 Å². The van der Waals surface area contributed by atoms with Crippen molar-refractivity contribution in [3.05, 3.63) is 53.3 Å². The number of nitrogens with zero attached hydrogens (tertiary/aromatic N) is 3. The molecule has 35 heavy (non-hydrogen) atoms. The highest BCUT2D eigenvalue weighted by molar-refractivity contribution is 6.04. The molecule has 1 atom stereocenters. The number of amides is 5. The molecule has 11 nitrogen and oxygen atoms in total. The maximum atomic E-state index is 11.8. The number of hydrogen-bond donors (Lipinski definition) is 2. The number of hydrogen-bond acceptors (Lipinski definition) is 7. The van der Waals surface area contributed by atoms with Gasteiger partial charge in [-0.05, 0) is 36.2 Å². The number of benzene rings is 1. The zero-order chi connectivity index (χ0) is 24.7. The first-order valence-corrected chi connectivity index (χ1v) is 11.1. The molecule has 180 valence electrons. The second-order valence-electron chi connectivity index (χ2n) is 8.43. The second-order valence-corrected chi connectivity index (χ2v) is 8.43. The Morgan fingerprint density at radius 3 is 2.63 bits per heavy atom. The van der Waals surface area contributed by atoms with Crippen LogP contribution in [0, 0.1) is 0 Å². The SMILES string of the molecule is COc1ccc2c(c1)C(=O)N(C)C2.O=C1NC(=O)C(c2cc3nc(N4CCCC4=O)ccc3o2)N1. The summed E-state index contributed by atoms with van der Waals surface area (Å²) in [7, 11) is 3.40. The zero-order valence-electron chi connectivity index (χ0n) is 19.2. The van der Waals surface area contributed by atoms with Gasteiger partial charge in [0.1, 0.15) is 22.8 Å². The number of anilines is 1. The largest absolute Gasteiger partial charge is 0.497 e. The summed E-state index contributed by atoms with van der Waals surface area (Å²) in [4.78, 5) is 53.9. The molecule has 0 saturated carbocycles. The van der Waals surface area contributed by atoms with Crippen LogP contribution in [0.1, 0.15) is 40.6 Å². The molecule has 11 heteroatoms. The number of carbonyl (C=O) groups excluding carboxylic acids is 4. The highest BCUT2D eigenvalue weighted by Gasteiger charge is 2.34. The number of nitrogens with one attached hydrogen (secondary N) is 2. The summed E-state index contributed by atoms with van der Waals surface area (Å²) in [6, 6.07) is 9.25. The molecule has 6 rings (SSSR count). The molecule has 2 saturated heterocycles. The van der Waals surface area contributed by atoms with E-state index in [-0.39, 0.29) is 11.8 Å². The van der Waals surface area contributed by atoms with Gasteiger partial charge in [0.2, 0.25) is 5.91 Å². The van der Waals surface area contributed by atoms with Gasteiger partial charge in [-0.15, -0.1) is 0 Å². The average molecular weight is 477 g/mol. The second kappa shape index (κ2) is 8.75. The molecule has 3 aromatic rings. The Labute approximate surface area is 200 Å². The zero-order valence-corrected chi connectivity index (χ0v) is 19.2. The van der Waals surface area contributed by atoms with Gasteiger partial charge < -0.3 is 19.4 Å². The summed E-state index contributed by atoms with van der Waals surface area (Å²) in [6.45, 7) is 1.36. The van der Waals surface area contributed by atoms with Crippen LogP contribution in [0.5, 0.6) is 5.75 Å². The van der Waals surface area contributed by atoms with Gasteiger partial charge in [0.05, 0.1) is 7.11 Å². The van der Waals surface area contributed by atoms with Gasteiger partial charge in [-0.2, -0.15) is 0 Å². The molecule has 5 heterocycles. The minimum Gasteiger partial charge on any atom is -0.497 e. The summed E-state index contributed by atoms with van der Waals surface area (Å²) in [5.74, 6) is 1.30. The van der Waals surface area contributed by atoms with Crippen LogP contribution < -0.4 is 20.3 Å². The predicted octanol–water partition coefficient (Wildman–Crippen LogP) is 2.12. The first-order valence-electron chi connectivity index (χ1n) is 11.1. The van der Waals surface area contributed by atoms with E-state index in [1.165, 1.54) is 0 Å². The molecule has 0 bridgehead atoms. The smallest absolute Gasteiger partial charge is 0.322 e. The van der Waals surface area contributed by atoms with Gasteiger partial charge in [0, 0.05) is 38.2 Å². The van der Waals surface area contributed by atoms with Crippen molar-refractivity contribution in [3.8, 4) is 5.75 Å². The number of fused-ring (bicyclic) bond motifs is 2. The molecule has 0 aliphatic carbocycles. The molecule has 3 aliphatic heterocycles. The summed E-state index contributed by atoms with van der Waals surface area (Å²) in [6.07, 6.45) is 1.36. The molecule has 2 fully saturated rings. The lowest BCUT2D eigenvalue weighted by molar-refractivity contribution is -0.120. The number of carbonyl (C=O) groups is 4. The number of aromatic nitrogens is 1. The van der Waals surface area contributed by atoms with Crippen molar-refractivity contribution in [3.63, 3.8) is 0 Å². The quantitative estimate of drug-likeness (QED) is 0.552. The van der Waals surface area contributed by atoms with Gasteiger partial charge in [-0.1, -0.05) is 6.07 Å². The Balaban J connectivity index is 0.000000166. The van der Waals surface area contributed by atoms with E-state index in [2.05, 4.69) is 15.6 Å². The van der Waals surface area contributed by atoms with Gasteiger partial charge in [0.15, 0.2) is 11.6 Å². The molecular weight excluding hydrogens is 454 g/mol. The summed E-state index contributed by atoms with van der Waals surface area (Å²) in [5.41, 5.74) is 2.88. The first-order chi connectivity index (χ1) is 16.8. The lowest BCUT2D eigenvalue weighted by Gasteiger charge is -2.13. The van der Waals surface area contributed by atoms with Crippen LogP contribution >= 0.6 is 0 Å². The highest BCUT2D eigenvalue weighted by atomic mass is 16.5. The summed E-state index contributed by atoms with van der Waals surface area (Å²) in [5, 5.41) is 4.62. The van der Waals surface area contributed by atoms with Crippen molar-refractivity contribution in [1.29, 1.82) is 0 Å². The molecule has 1 aromatic carbocycles. The normalized spacial score (nSPS) is 19.0. The fourth-order valence-electron chi connectivity index (χ4n) is 4.28. The number of pyridine rings is 1. The van der Waals surface area contributed by atoms with Gasteiger partial charge in [-0.3, -0.25) is 24.6 Å². The van der Waals surface area contributed by atoms with E-state index >= 15 is 0 Å². The first kappa shape index (κ1) is 22.4. The minimum atomic E-state index is -0.849. The molecule has 2 N–H and O–H groups in total. The average Bonchev–Trinajstić information content (AvgIpc) is 3.60. The number of urea groups is 1. The van der Waals surface area contributed by atoms with E-state index in [1.54, 1.807) is 48.2 Å². The maximum absolute atomic E-state index is 11.8. The molecule has 0 radical (unpaired) electrons. The lowest BCUT2D eigenvalue weighted by atomic mass is 10.1. The minimum absolute atomic E-state index is 0.0537.